The highest BCUT2D eigenvalue weighted by Crippen LogP contribution is 2.33. The van der Waals surface area contributed by atoms with E-state index in [4.69, 9.17) is 16.3 Å². The fourth-order valence-corrected chi connectivity index (χ4v) is 3.83. The molecule has 0 N–H and O–H groups in total. The molecule has 2 fully saturated rings. The third-order valence-corrected chi connectivity index (χ3v) is 5.47. The molecular formula is C17H30ClNO2. The van der Waals surface area contributed by atoms with Gasteiger partial charge in [0.25, 0.3) is 0 Å². The maximum Gasteiger partial charge on any atom is 0.226 e. The molecule has 4 heteroatoms. The van der Waals surface area contributed by atoms with Crippen LogP contribution in [0.15, 0.2) is 0 Å². The van der Waals surface area contributed by atoms with Crippen molar-refractivity contribution in [3.05, 3.63) is 0 Å². The summed E-state index contributed by atoms with van der Waals surface area (Å²) in [6, 6.07) is 0.190. The predicted octanol–water partition coefficient (Wildman–Crippen LogP) is 3.84. The van der Waals surface area contributed by atoms with Crippen LogP contribution in [0.25, 0.3) is 0 Å². The molecule has 1 aliphatic heterocycles. The molecule has 2 aliphatic rings. The Labute approximate surface area is 134 Å². The Hall–Kier alpha value is -0.280. The van der Waals surface area contributed by atoms with Gasteiger partial charge in [0.1, 0.15) is 0 Å². The van der Waals surface area contributed by atoms with Crippen LogP contribution in [0, 0.1) is 11.8 Å². The molecule has 0 aromatic carbocycles. The van der Waals surface area contributed by atoms with Crippen LogP contribution in [0.2, 0.25) is 0 Å². The molecule has 21 heavy (non-hydrogen) atoms. The molecule has 0 aromatic heterocycles. The molecule has 0 spiro atoms. The van der Waals surface area contributed by atoms with Crippen LogP contribution in [0.3, 0.4) is 0 Å². The average Bonchev–Trinajstić information content (AvgIpc) is 2.53. The van der Waals surface area contributed by atoms with E-state index >= 15 is 0 Å². The number of alkyl halides is 1. The largest absolute Gasteiger partial charge is 0.373 e. The lowest BCUT2D eigenvalue weighted by Crippen LogP contribution is -2.53. The van der Waals surface area contributed by atoms with E-state index < -0.39 is 0 Å². The first-order valence-corrected chi connectivity index (χ1v) is 9.17. The Balaban J connectivity index is 1.83. The van der Waals surface area contributed by atoms with E-state index in [2.05, 4.69) is 13.8 Å². The van der Waals surface area contributed by atoms with Gasteiger partial charge in [0, 0.05) is 12.5 Å². The van der Waals surface area contributed by atoms with E-state index in [1.54, 1.807) is 0 Å². The third kappa shape index (κ3) is 4.59. The number of morpholine rings is 1. The number of ether oxygens (including phenoxy) is 1. The molecule has 1 amide bonds. The van der Waals surface area contributed by atoms with Gasteiger partial charge >= 0.3 is 0 Å². The number of halogens is 1. The van der Waals surface area contributed by atoms with Gasteiger partial charge in [-0.1, -0.05) is 26.2 Å². The highest BCUT2D eigenvalue weighted by atomic mass is 35.5. The summed E-state index contributed by atoms with van der Waals surface area (Å²) in [7, 11) is 0. The summed E-state index contributed by atoms with van der Waals surface area (Å²) in [5.74, 6) is 1.90. The summed E-state index contributed by atoms with van der Waals surface area (Å²) >= 11 is 5.89. The summed E-state index contributed by atoms with van der Waals surface area (Å²) in [6.45, 7) is 5.62. The summed E-state index contributed by atoms with van der Waals surface area (Å²) in [5.41, 5.74) is 0. The second-order valence-electron chi connectivity index (χ2n) is 6.81. The monoisotopic (exact) mass is 315 g/mol. The van der Waals surface area contributed by atoms with Crippen molar-refractivity contribution >= 4 is 17.5 Å². The first-order chi connectivity index (χ1) is 10.2. The second-order valence-corrected chi connectivity index (χ2v) is 7.12. The summed E-state index contributed by atoms with van der Waals surface area (Å²) in [6.07, 6.45) is 8.58. The minimum Gasteiger partial charge on any atom is -0.373 e. The second kappa shape index (κ2) is 8.38. The lowest BCUT2D eigenvalue weighted by Gasteiger charge is -2.40. The van der Waals surface area contributed by atoms with Gasteiger partial charge in [-0.05, 0) is 38.5 Å². The molecular weight excluding hydrogens is 286 g/mol. The van der Waals surface area contributed by atoms with Gasteiger partial charge in [-0.25, -0.2) is 0 Å². The number of carbonyl (C=O) groups excluding carboxylic acids is 1. The van der Waals surface area contributed by atoms with Crippen LogP contribution in [0.5, 0.6) is 0 Å². The number of amides is 1. The molecule has 1 saturated carbocycles. The van der Waals surface area contributed by atoms with Crippen LogP contribution in [0.4, 0.5) is 0 Å². The maximum absolute atomic E-state index is 12.8. The summed E-state index contributed by atoms with van der Waals surface area (Å²) < 4.78 is 5.64. The van der Waals surface area contributed by atoms with E-state index in [9.17, 15) is 4.79 Å². The zero-order valence-electron chi connectivity index (χ0n) is 13.5. The van der Waals surface area contributed by atoms with Crippen molar-refractivity contribution in [1.82, 2.24) is 4.90 Å². The van der Waals surface area contributed by atoms with Gasteiger partial charge in [0.05, 0.1) is 24.6 Å². The molecule has 1 saturated heterocycles. The Bertz CT molecular complexity index is 329. The quantitative estimate of drug-likeness (QED) is 0.721. The molecule has 1 aliphatic carbocycles. The molecule has 3 nitrogen and oxygen atoms in total. The van der Waals surface area contributed by atoms with Crippen molar-refractivity contribution in [2.24, 2.45) is 11.8 Å². The Morgan fingerprint density at radius 2 is 2.00 bits per heavy atom. The zero-order chi connectivity index (χ0) is 15.2. The molecule has 1 heterocycles. The minimum atomic E-state index is 0.00714. The molecule has 122 valence electrons. The van der Waals surface area contributed by atoms with Crippen molar-refractivity contribution in [1.29, 1.82) is 0 Å². The van der Waals surface area contributed by atoms with E-state index in [-0.39, 0.29) is 18.1 Å². The van der Waals surface area contributed by atoms with Crippen LogP contribution in [-0.4, -0.2) is 42.0 Å². The van der Waals surface area contributed by atoms with Crippen LogP contribution >= 0.6 is 11.6 Å². The average molecular weight is 316 g/mol. The lowest BCUT2D eigenvalue weighted by molar-refractivity contribution is -0.148. The molecule has 2 atom stereocenters. The molecule has 0 bridgehead atoms. The van der Waals surface area contributed by atoms with Crippen molar-refractivity contribution in [3.63, 3.8) is 0 Å². The normalized spacial score (nSPS) is 34.0. The predicted molar refractivity (Wildman–Crippen MR) is 86.6 cm³/mol. The van der Waals surface area contributed by atoms with Crippen molar-refractivity contribution < 1.29 is 9.53 Å². The van der Waals surface area contributed by atoms with E-state index in [0.29, 0.717) is 24.9 Å². The Kier molecular flexibility index (Phi) is 6.81. The third-order valence-electron chi connectivity index (χ3n) is 5.12. The number of hydrogen-bond acceptors (Lipinski definition) is 2. The highest BCUT2D eigenvalue weighted by molar-refractivity contribution is 6.18. The van der Waals surface area contributed by atoms with Gasteiger partial charge in [-0.15, -0.1) is 11.6 Å². The van der Waals surface area contributed by atoms with Gasteiger partial charge in [0.15, 0.2) is 0 Å². The van der Waals surface area contributed by atoms with Crippen LogP contribution in [-0.2, 0) is 9.53 Å². The van der Waals surface area contributed by atoms with Crippen LogP contribution < -0.4 is 0 Å². The summed E-state index contributed by atoms with van der Waals surface area (Å²) in [5, 5.41) is 0. The van der Waals surface area contributed by atoms with Crippen molar-refractivity contribution in [2.75, 3.05) is 19.0 Å². The number of carbonyl (C=O) groups is 1. The first-order valence-electron chi connectivity index (χ1n) is 8.63. The maximum atomic E-state index is 12.8. The van der Waals surface area contributed by atoms with Gasteiger partial charge in [-0.3, -0.25) is 4.79 Å². The van der Waals surface area contributed by atoms with Crippen LogP contribution in [0.1, 0.15) is 58.8 Å². The fourth-order valence-electron chi connectivity index (χ4n) is 3.64. The number of nitrogens with zero attached hydrogens (tertiary/aromatic N) is 1. The highest BCUT2D eigenvalue weighted by Gasteiger charge is 2.34. The van der Waals surface area contributed by atoms with Gasteiger partial charge < -0.3 is 9.64 Å². The SMILES string of the molecule is CCCCC1CCC(C(=O)N2CC(CCl)OCC2C)CC1. The number of hydrogen-bond donors (Lipinski definition) is 0. The Morgan fingerprint density at radius 3 is 2.62 bits per heavy atom. The van der Waals surface area contributed by atoms with Crippen molar-refractivity contribution in [2.45, 2.75) is 70.9 Å². The molecule has 2 unspecified atom stereocenters. The first kappa shape index (κ1) is 17.1. The van der Waals surface area contributed by atoms with E-state index in [0.717, 1.165) is 18.8 Å². The van der Waals surface area contributed by atoms with Gasteiger partial charge in [0.2, 0.25) is 5.91 Å². The molecule has 0 radical (unpaired) electrons. The molecule has 2 rings (SSSR count). The standard InChI is InChI=1S/C17H30ClNO2/c1-3-4-5-14-6-8-15(9-7-14)17(20)19-11-16(10-18)21-12-13(19)2/h13-16H,3-12H2,1-2H3. The molecule has 0 aromatic rings. The number of rotatable bonds is 5. The summed E-state index contributed by atoms with van der Waals surface area (Å²) in [4.78, 5) is 14.8. The Morgan fingerprint density at radius 1 is 1.29 bits per heavy atom. The lowest BCUT2D eigenvalue weighted by atomic mass is 9.79. The zero-order valence-corrected chi connectivity index (χ0v) is 14.3. The number of unbranched alkanes of at least 4 members (excludes halogenated alkanes) is 1. The van der Waals surface area contributed by atoms with E-state index in [1.165, 1.54) is 32.1 Å². The fraction of sp³-hybridized carbons (Fsp3) is 0.941. The van der Waals surface area contributed by atoms with E-state index in [1.807, 2.05) is 4.90 Å². The minimum absolute atomic E-state index is 0.00714. The van der Waals surface area contributed by atoms with Crippen molar-refractivity contribution in [3.8, 4) is 0 Å². The topological polar surface area (TPSA) is 29.5 Å². The smallest absolute Gasteiger partial charge is 0.226 e. The van der Waals surface area contributed by atoms with Gasteiger partial charge in [-0.2, -0.15) is 0 Å².